The van der Waals surface area contributed by atoms with Crippen LogP contribution in [0.2, 0.25) is 0 Å². The van der Waals surface area contributed by atoms with Gasteiger partial charge in [0.2, 0.25) is 5.78 Å². The SMILES string of the molecule is Cn1cc(C(=O)COc2ccccc2)c2ccccc21. The predicted molar refractivity (Wildman–Crippen MR) is 79.2 cm³/mol. The summed E-state index contributed by atoms with van der Waals surface area (Å²) in [5.41, 5.74) is 1.76. The summed E-state index contributed by atoms with van der Waals surface area (Å²) in [6.45, 7) is 0.0536. The number of Topliss-reactive ketones (excluding diaryl/α,β-unsaturated/α-hetero) is 1. The second kappa shape index (κ2) is 5.21. The van der Waals surface area contributed by atoms with Crippen LogP contribution in [0.25, 0.3) is 10.9 Å². The maximum atomic E-state index is 12.3. The third-order valence-electron chi connectivity index (χ3n) is 3.31. The molecule has 3 rings (SSSR count). The highest BCUT2D eigenvalue weighted by atomic mass is 16.5. The molecule has 0 saturated carbocycles. The molecule has 0 radical (unpaired) electrons. The van der Waals surface area contributed by atoms with Crippen LogP contribution in [0.15, 0.2) is 60.8 Å². The van der Waals surface area contributed by atoms with Gasteiger partial charge in [0.25, 0.3) is 0 Å². The Bertz CT molecular complexity index is 744. The van der Waals surface area contributed by atoms with E-state index in [9.17, 15) is 4.79 Å². The van der Waals surface area contributed by atoms with Gasteiger partial charge in [0, 0.05) is 29.7 Å². The van der Waals surface area contributed by atoms with E-state index in [1.807, 2.05) is 72.4 Å². The van der Waals surface area contributed by atoms with Crippen molar-refractivity contribution in [3.63, 3.8) is 0 Å². The topological polar surface area (TPSA) is 31.2 Å². The number of nitrogens with zero attached hydrogens (tertiary/aromatic N) is 1. The van der Waals surface area contributed by atoms with E-state index in [1.54, 1.807) is 0 Å². The van der Waals surface area contributed by atoms with Crippen molar-refractivity contribution in [2.24, 2.45) is 7.05 Å². The molecule has 0 aliphatic carbocycles. The van der Waals surface area contributed by atoms with Crippen LogP contribution in [0.3, 0.4) is 0 Å². The van der Waals surface area contributed by atoms with Gasteiger partial charge in [0.15, 0.2) is 6.61 Å². The Balaban J connectivity index is 1.83. The van der Waals surface area contributed by atoms with E-state index in [0.29, 0.717) is 11.3 Å². The van der Waals surface area contributed by atoms with Crippen LogP contribution in [-0.2, 0) is 7.05 Å². The summed E-state index contributed by atoms with van der Waals surface area (Å²) >= 11 is 0. The number of carbonyl (C=O) groups is 1. The van der Waals surface area contributed by atoms with Gasteiger partial charge in [-0.3, -0.25) is 4.79 Å². The third kappa shape index (κ3) is 2.30. The Labute approximate surface area is 117 Å². The first-order valence-corrected chi connectivity index (χ1v) is 6.51. The first-order valence-electron chi connectivity index (χ1n) is 6.51. The molecule has 3 nitrogen and oxygen atoms in total. The molecule has 0 atom stereocenters. The van der Waals surface area contributed by atoms with Crippen molar-refractivity contribution in [3.8, 4) is 5.75 Å². The fourth-order valence-corrected chi connectivity index (χ4v) is 2.31. The fourth-order valence-electron chi connectivity index (χ4n) is 2.31. The summed E-state index contributed by atoms with van der Waals surface area (Å²) in [4.78, 5) is 12.3. The Morgan fingerprint density at radius 3 is 2.55 bits per heavy atom. The van der Waals surface area contributed by atoms with E-state index in [4.69, 9.17) is 4.74 Å². The predicted octanol–water partition coefficient (Wildman–Crippen LogP) is 3.44. The zero-order valence-electron chi connectivity index (χ0n) is 11.2. The lowest BCUT2D eigenvalue weighted by atomic mass is 10.1. The van der Waals surface area contributed by atoms with Gasteiger partial charge in [-0.2, -0.15) is 0 Å². The van der Waals surface area contributed by atoms with Crippen LogP contribution in [0.5, 0.6) is 5.75 Å². The number of aryl methyl sites for hydroxylation is 1. The highest BCUT2D eigenvalue weighted by Gasteiger charge is 2.13. The number of aromatic nitrogens is 1. The van der Waals surface area contributed by atoms with Gasteiger partial charge in [-0.25, -0.2) is 0 Å². The maximum absolute atomic E-state index is 12.3. The summed E-state index contributed by atoms with van der Waals surface area (Å²) in [6.07, 6.45) is 1.86. The molecule has 1 aromatic heterocycles. The normalized spacial score (nSPS) is 10.7. The molecular formula is C17H15NO2. The smallest absolute Gasteiger partial charge is 0.202 e. The van der Waals surface area contributed by atoms with Crippen LogP contribution in [0, 0.1) is 0 Å². The number of hydrogen-bond acceptors (Lipinski definition) is 2. The van der Waals surface area contributed by atoms with E-state index in [-0.39, 0.29) is 12.4 Å². The first-order chi connectivity index (χ1) is 9.75. The average Bonchev–Trinajstić information content (AvgIpc) is 2.84. The largest absolute Gasteiger partial charge is 0.485 e. The minimum atomic E-state index is -0.00865. The van der Waals surface area contributed by atoms with Crippen molar-refractivity contribution in [3.05, 3.63) is 66.4 Å². The average molecular weight is 265 g/mol. The fraction of sp³-hybridized carbons (Fsp3) is 0.118. The summed E-state index contributed by atoms with van der Waals surface area (Å²) in [7, 11) is 1.94. The number of ether oxygens (including phenoxy) is 1. The Morgan fingerprint density at radius 2 is 1.75 bits per heavy atom. The van der Waals surface area contributed by atoms with Crippen molar-refractivity contribution in [2.75, 3.05) is 6.61 Å². The summed E-state index contributed by atoms with van der Waals surface area (Å²) < 4.78 is 7.48. The summed E-state index contributed by atoms with van der Waals surface area (Å²) in [5.74, 6) is 0.701. The van der Waals surface area contributed by atoms with Gasteiger partial charge in [-0.1, -0.05) is 36.4 Å². The van der Waals surface area contributed by atoms with Crippen molar-refractivity contribution < 1.29 is 9.53 Å². The monoisotopic (exact) mass is 265 g/mol. The van der Waals surface area contributed by atoms with Gasteiger partial charge in [-0.05, 0) is 18.2 Å². The summed E-state index contributed by atoms with van der Waals surface area (Å²) in [5, 5.41) is 0.969. The minimum Gasteiger partial charge on any atom is -0.485 e. The number of carbonyl (C=O) groups excluding carboxylic acids is 1. The van der Waals surface area contributed by atoms with Crippen LogP contribution < -0.4 is 4.74 Å². The van der Waals surface area contributed by atoms with Crippen molar-refractivity contribution in [1.29, 1.82) is 0 Å². The van der Waals surface area contributed by atoms with Crippen LogP contribution in [0.1, 0.15) is 10.4 Å². The molecule has 0 fully saturated rings. The first kappa shape index (κ1) is 12.5. The minimum absolute atomic E-state index is 0.00865. The van der Waals surface area contributed by atoms with E-state index in [2.05, 4.69) is 0 Å². The molecule has 0 aliphatic heterocycles. The zero-order chi connectivity index (χ0) is 13.9. The highest BCUT2D eigenvalue weighted by Crippen LogP contribution is 2.21. The molecule has 0 saturated heterocycles. The molecule has 0 amide bonds. The lowest BCUT2D eigenvalue weighted by molar-refractivity contribution is 0.0923. The van der Waals surface area contributed by atoms with Crippen LogP contribution in [0.4, 0.5) is 0 Å². The molecule has 0 spiro atoms. The molecule has 0 aliphatic rings. The maximum Gasteiger partial charge on any atom is 0.202 e. The number of rotatable bonds is 4. The van der Waals surface area contributed by atoms with Crippen LogP contribution in [-0.4, -0.2) is 17.0 Å². The van der Waals surface area contributed by atoms with Crippen molar-refractivity contribution >= 4 is 16.7 Å². The molecule has 20 heavy (non-hydrogen) atoms. The number of fused-ring (bicyclic) bond motifs is 1. The molecule has 0 unspecified atom stereocenters. The third-order valence-corrected chi connectivity index (χ3v) is 3.31. The molecule has 1 heterocycles. The molecule has 0 N–H and O–H groups in total. The standard InChI is InChI=1S/C17H15NO2/c1-18-11-15(14-9-5-6-10-16(14)18)17(19)12-20-13-7-3-2-4-8-13/h2-11H,12H2,1H3. The number of benzene rings is 2. The van der Waals surface area contributed by atoms with Crippen molar-refractivity contribution in [2.45, 2.75) is 0 Å². The Morgan fingerprint density at radius 1 is 1.05 bits per heavy atom. The second-order valence-electron chi connectivity index (χ2n) is 4.70. The van der Waals surface area contributed by atoms with Crippen LogP contribution >= 0.6 is 0 Å². The molecule has 0 bridgehead atoms. The molecule has 100 valence electrons. The van der Waals surface area contributed by atoms with Gasteiger partial charge in [0.1, 0.15) is 5.75 Å². The van der Waals surface area contributed by atoms with Gasteiger partial charge < -0.3 is 9.30 Å². The molecule has 3 heteroatoms. The second-order valence-corrected chi connectivity index (χ2v) is 4.70. The van der Waals surface area contributed by atoms with Gasteiger partial charge >= 0.3 is 0 Å². The highest BCUT2D eigenvalue weighted by molar-refractivity contribution is 6.08. The Kier molecular flexibility index (Phi) is 3.25. The van der Waals surface area contributed by atoms with Gasteiger partial charge in [-0.15, -0.1) is 0 Å². The molecule has 2 aromatic carbocycles. The Hall–Kier alpha value is -2.55. The molecular weight excluding hydrogens is 250 g/mol. The van der Waals surface area contributed by atoms with E-state index in [0.717, 1.165) is 10.9 Å². The van der Waals surface area contributed by atoms with E-state index >= 15 is 0 Å². The number of para-hydroxylation sites is 2. The number of hydrogen-bond donors (Lipinski definition) is 0. The lowest BCUT2D eigenvalue weighted by Crippen LogP contribution is -2.11. The quantitative estimate of drug-likeness (QED) is 0.677. The lowest BCUT2D eigenvalue weighted by Gasteiger charge is -2.04. The summed E-state index contributed by atoms with van der Waals surface area (Å²) in [6, 6.07) is 17.3. The van der Waals surface area contributed by atoms with Gasteiger partial charge in [0.05, 0.1) is 0 Å². The number of ketones is 1. The van der Waals surface area contributed by atoms with Crippen molar-refractivity contribution in [1.82, 2.24) is 4.57 Å². The molecule has 3 aromatic rings. The van der Waals surface area contributed by atoms with E-state index < -0.39 is 0 Å². The van der Waals surface area contributed by atoms with E-state index in [1.165, 1.54) is 0 Å². The zero-order valence-corrected chi connectivity index (χ0v) is 11.2.